The summed E-state index contributed by atoms with van der Waals surface area (Å²) in [5.41, 5.74) is 3.29. The Labute approximate surface area is 153 Å². The lowest BCUT2D eigenvalue weighted by Gasteiger charge is -2.11. The lowest BCUT2D eigenvalue weighted by molar-refractivity contribution is -0.137. The molecule has 6 nitrogen and oxygen atoms in total. The van der Waals surface area contributed by atoms with Crippen LogP contribution in [0.2, 0.25) is 0 Å². The molecule has 9 heteroatoms. The number of aryl methyl sites for hydroxylation is 3. The molecule has 0 aromatic carbocycles. The Kier molecular flexibility index (Phi) is 4.86. The molecule has 0 spiro atoms. The number of hydrogen-bond acceptors (Lipinski definition) is 4. The zero-order chi connectivity index (χ0) is 19.8. The summed E-state index contributed by atoms with van der Waals surface area (Å²) in [6, 6.07) is 3.54. The smallest absolute Gasteiger partial charge is 0.311 e. The van der Waals surface area contributed by atoms with E-state index >= 15 is 0 Å². The standard InChI is InChI=1S/C18H18F3N5O/c1-10-8-16-23-11(2)14(12(3)26(16)25-10)4-5-17(27)24-15-9-13(6-7-22-15)18(19,20)21/h6-9H,4-5H2,1-3H3,(H,22,24,27). The SMILES string of the molecule is Cc1cc2nc(C)c(CCC(=O)Nc3cc(C(F)(F)F)ccn3)c(C)n2n1. The number of anilines is 1. The molecule has 0 aliphatic carbocycles. The number of carbonyl (C=O) groups is 1. The van der Waals surface area contributed by atoms with Crippen LogP contribution in [0.1, 0.15) is 34.6 Å². The Morgan fingerprint density at radius 1 is 1.22 bits per heavy atom. The first-order valence-corrected chi connectivity index (χ1v) is 8.30. The van der Waals surface area contributed by atoms with Crippen LogP contribution in [0.3, 0.4) is 0 Å². The van der Waals surface area contributed by atoms with Gasteiger partial charge in [0.05, 0.1) is 11.3 Å². The third-order valence-electron chi connectivity index (χ3n) is 4.24. The number of hydrogen-bond donors (Lipinski definition) is 1. The molecule has 3 aromatic rings. The van der Waals surface area contributed by atoms with E-state index in [2.05, 4.69) is 20.4 Å². The average molecular weight is 377 g/mol. The van der Waals surface area contributed by atoms with E-state index in [1.54, 1.807) is 4.52 Å². The highest BCUT2D eigenvalue weighted by Gasteiger charge is 2.30. The highest BCUT2D eigenvalue weighted by molar-refractivity contribution is 5.90. The molecule has 0 saturated heterocycles. The minimum Gasteiger partial charge on any atom is -0.311 e. The molecule has 1 amide bonds. The van der Waals surface area contributed by atoms with Crippen molar-refractivity contribution in [2.75, 3.05) is 5.32 Å². The van der Waals surface area contributed by atoms with Crippen molar-refractivity contribution >= 4 is 17.4 Å². The molecule has 0 unspecified atom stereocenters. The van der Waals surface area contributed by atoms with E-state index in [4.69, 9.17) is 0 Å². The minimum atomic E-state index is -4.49. The van der Waals surface area contributed by atoms with Crippen LogP contribution in [0.5, 0.6) is 0 Å². The van der Waals surface area contributed by atoms with Gasteiger partial charge in [-0.1, -0.05) is 0 Å². The van der Waals surface area contributed by atoms with E-state index in [1.807, 2.05) is 26.8 Å². The highest BCUT2D eigenvalue weighted by Crippen LogP contribution is 2.29. The molecule has 3 rings (SSSR count). The summed E-state index contributed by atoms with van der Waals surface area (Å²) >= 11 is 0. The van der Waals surface area contributed by atoms with Crippen LogP contribution in [0.4, 0.5) is 19.0 Å². The number of alkyl halides is 3. The summed E-state index contributed by atoms with van der Waals surface area (Å²) in [6.07, 6.45) is -2.98. The lowest BCUT2D eigenvalue weighted by atomic mass is 10.1. The van der Waals surface area contributed by atoms with Crippen molar-refractivity contribution in [1.82, 2.24) is 19.6 Å². The maximum atomic E-state index is 12.7. The van der Waals surface area contributed by atoms with Crippen LogP contribution < -0.4 is 5.32 Å². The van der Waals surface area contributed by atoms with E-state index in [1.165, 1.54) is 0 Å². The molecule has 3 aromatic heterocycles. The minimum absolute atomic E-state index is 0.0903. The van der Waals surface area contributed by atoms with Crippen molar-refractivity contribution in [2.24, 2.45) is 0 Å². The van der Waals surface area contributed by atoms with Crippen molar-refractivity contribution in [3.63, 3.8) is 0 Å². The highest BCUT2D eigenvalue weighted by atomic mass is 19.4. The number of nitrogens with one attached hydrogen (secondary N) is 1. The number of fused-ring (bicyclic) bond motifs is 1. The third-order valence-corrected chi connectivity index (χ3v) is 4.24. The molecule has 0 radical (unpaired) electrons. The first kappa shape index (κ1) is 18.8. The number of halogens is 3. The number of nitrogens with zero attached hydrogens (tertiary/aromatic N) is 4. The summed E-state index contributed by atoms with van der Waals surface area (Å²) in [5.74, 6) is -0.545. The van der Waals surface area contributed by atoms with Crippen molar-refractivity contribution in [3.8, 4) is 0 Å². The normalized spacial score (nSPS) is 11.8. The fourth-order valence-corrected chi connectivity index (χ4v) is 2.92. The molecule has 0 fully saturated rings. The van der Waals surface area contributed by atoms with Gasteiger partial charge in [0.25, 0.3) is 0 Å². The second kappa shape index (κ2) is 6.98. The Hall–Kier alpha value is -2.97. The van der Waals surface area contributed by atoms with E-state index in [9.17, 15) is 18.0 Å². The summed E-state index contributed by atoms with van der Waals surface area (Å²) in [5, 5.41) is 6.79. The summed E-state index contributed by atoms with van der Waals surface area (Å²) in [4.78, 5) is 20.4. The maximum Gasteiger partial charge on any atom is 0.416 e. The van der Waals surface area contributed by atoms with Gasteiger partial charge < -0.3 is 5.32 Å². The van der Waals surface area contributed by atoms with Gasteiger partial charge in [-0.05, 0) is 44.9 Å². The van der Waals surface area contributed by atoms with Gasteiger partial charge in [-0.2, -0.15) is 18.3 Å². The first-order chi connectivity index (χ1) is 12.6. The zero-order valence-electron chi connectivity index (χ0n) is 15.1. The number of amides is 1. The van der Waals surface area contributed by atoms with Crippen LogP contribution in [-0.2, 0) is 17.4 Å². The fraction of sp³-hybridized carbons (Fsp3) is 0.333. The number of aromatic nitrogens is 4. The molecule has 0 atom stereocenters. The lowest BCUT2D eigenvalue weighted by Crippen LogP contribution is -2.16. The van der Waals surface area contributed by atoms with Crippen molar-refractivity contribution in [2.45, 2.75) is 39.8 Å². The second-order valence-electron chi connectivity index (χ2n) is 6.29. The van der Waals surface area contributed by atoms with Gasteiger partial charge in [0.2, 0.25) is 5.91 Å². The van der Waals surface area contributed by atoms with Crippen molar-refractivity contribution in [3.05, 3.63) is 52.6 Å². The van der Waals surface area contributed by atoms with E-state index < -0.39 is 17.6 Å². The van der Waals surface area contributed by atoms with Crippen LogP contribution >= 0.6 is 0 Å². The van der Waals surface area contributed by atoms with Crippen molar-refractivity contribution in [1.29, 1.82) is 0 Å². The number of rotatable bonds is 4. The van der Waals surface area contributed by atoms with Crippen LogP contribution in [0, 0.1) is 20.8 Å². The van der Waals surface area contributed by atoms with E-state index in [0.717, 1.165) is 46.6 Å². The second-order valence-corrected chi connectivity index (χ2v) is 6.29. The largest absolute Gasteiger partial charge is 0.416 e. The molecule has 0 saturated carbocycles. The number of pyridine rings is 1. The maximum absolute atomic E-state index is 12.7. The van der Waals surface area contributed by atoms with Crippen LogP contribution in [0.25, 0.3) is 5.65 Å². The molecule has 27 heavy (non-hydrogen) atoms. The predicted octanol–water partition coefficient (Wildman–Crippen LogP) is 3.64. The van der Waals surface area contributed by atoms with Gasteiger partial charge in [-0.25, -0.2) is 14.5 Å². The van der Waals surface area contributed by atoms with Crippen LogP contribution in [0.15, 0.2) is 24.4 Å². The Balaban J connectivity index is 1.72. The molecule has 142 valence electrons. The van der Waals surface area contributed by atoms with Gasteiger partial charge in [-0.3, -0.25) is 4.79 Å². The molecule has 0 aliphatic rings. The molecule has 0 bridgehead atoms. The zero-order valence-corrected chi connectivity index (χ0v) is 15.1. The molecule has 1 N–H and O–H groups in total. The van der Waals surface area contributed by atoms with E-state index in [-0.39, 0.29) is 12.2 Å². The molecule has 3 heterocycles. The topological polar surface area (TPSA) is 72.2 Å². The van der Waals surface area contributed by atoms with Gasteiger partial charge >= 0.3 is 6.18 Å². The first-order valence-electron chi connectivity index (χ1n) is 8.30. The van der Waals surface area contributed by atoms with Gasteiger partial charge in [0, 0.05) is 30.1 Å². The Bertz CT molecular complexity index is 1010. The van der Waals surface area contributed by atoms with Crippen LogP contribution in [-0.4, -0.2) is 25.5 Å². The van der Waals surface area contributed by atoms with Crippen molar-refractivity contribution < 1.29 is 18.0 Å². The quantitative estimate of drug-likeness (QED) is 0.754. The monoisotopic (exact) mass is 377 g/mol. The summed E-state index contributed by atoms with van der Waals surface area (Å²) in [6.45, 7) is 5.63. The number of carbonyl (C=O) groups excluding carboxylic acids is 1. The Morgan fingerprint density at radius 2 is 1.96 bits per heavy atom. The Morgan fingerprint density at radius 3 is 2.67 bits per heavy atom. The summed E-state index contributed by atoms with van der Waals surface area (Å²) < 4.78 is 39.9. The third kappa shape index (κ3) is 4.07. The summed E-state index contributed by atoms with van der Waals surface area (Å²) in [7, 11) is 0. The van der Waals surface area contributed by atoms with Gasteiger partial charge in [0.1, 0.15) is 5.82 Å². The molecular formula is C18H18F3N5O. The predicted molar refractivity (Wildman–Crippen MR) is 93.4 cm³/mol. The molecular weight excluding hydrogens is 359 g/mol. The van der Waals surface area contributed by atoms with Gasteiger partial charge in [-0.15, -0.1) is 0 Å². The molecule has 0 aliphatic heterocycles. The fourth-order valence-electron chi connectivity index (χ4n) is 2.92. The van der Waals surface area contributed by atoms with E-state index in [0.29, 0.717) is 6.42 Å². The van der Waals surface area contributed by atoms with Gasteiger partial charge in [0.15, 0.2) is 5.65 Å². The average Bonchev–Trinajstić information content (AvgIpc) is 2.94.